The Morgan fingerprint density at radius 2 is 2.19 bits per heavy atom. The summed E-state index contributed by atoms with van der Waals surface area (Å²) >= 11 is 0. The van der Waals surface area contributed by atoms with Crippen molar-refractivity contribution in [3.8, 4) is 5.75 Å². The number of methoxy groups -OCH3 is 1. The monoisotopic (exact) mass is 370 g/mol. The fourth-order valence-electron chi connectivity index (χ4n) is 3.77. The molecule has 2 heterocycles. The number of amides is 2. The van der Waals surface area contributed by atoms with E-state index in [9.17, 15) is 9.59 Å². The van der Waals surface area contributed by atoms with Gasteiger partial charge in [0.2, 0.25) is 17.7 Å². The second kappa shape index (κ2) is 7.38. The van der Waals surface area contributed by atoms with Gasteiger partial charge in [0.05, 0.1) is 19.6 Å². The molecule has 1 aliphatic heterocycles. The average Bonchev–Trinajstić information content (AvgIpc) is 3.36. The minimum atomic E-state index is -0.579. The standard InChI is InChI=1S/C19H22N4O4/c1-26-12-6-7-15-13(8-12)14(9-17(24)21-15)18(25)20-10-16-22-19(27-23-16)11-4-2-3-5-11/h6-8,11,14H,2-5,9-10H2,1H3,(H,20,25)(H,21,24). The van der Waals surface area contributed by atoms with E-state index in [0.29, 0.717) is 29.1 Å². The second-order valence-corrected chi connectivity index (χ2v) is 7.01. The van der Waals surface area contributed by atoms with Crippen LogP contribution in [0.1, 0.15) is 61.2 Å². The highest BCUT2D eigenvalue weighted by Gasteiger charge is 2.31. The van der Waals surface area contributed by atoms with Gasteiger partial charge in [0.1, 0.15) is 5.75 Å². The molecule has 1 fully saturated rings. The SMILES string of the molecule is COc1ccc2c(c1)C(C(=O)NCc1noc(C3CCCC3)n1)CC(=O)N2. The average molecular weight is 370 g/mol. The molecule has 8 heteroatoms. The van der Waals surface area contributed by atoms with Crippen LogP contribution in [0.2, 0.25) is 0 Å². The molecule has 0 spiro atoms. The zero-order chi connectivity index (χ0) is 18.8. The Balaban J connectivity index is 1.45. The maximum absolute atomic E-state index is 12.7. The van der Waals surface area contributed by atoms with E-state index in [1.807, 2.05) is 0 Å². The predicted octanol–water partition coefficient (Wildman–Crippen LogP) is 2.48. The maximum Gasteiger partial charge on any atom is 0.229 e. The van der Waals surface area contributed by atoms with Gasteiger partial charge in [-0.2, -0.15) is 4.98 Å². The number of hydrogen-bond donors (Lipinski definition) is 2. The number of nitrogens with zero attached hydrogens (tertiary/aromatic N) is 2. The van der Waals surface area contributed by atoms with E-state index in [1.54, 1.807) is 25.3 Å². The Hall–Kier alpha value is -2.90. The van der Waals surface area contributed by atoms with Crippen molar-refractivity contribution in [1.29, 1.82) is 0 Å². The van der Waals surface area contributed by atoms with E-state index in [-0.39, 0.29) is 24.8 Å². The van der Waals surface area contributed by atoms with Crippen LogP contribution in [0, 0.1) is 0 Å². The molecule has 2 aliphatic rings. The summed E-state index contributed by atoms with van der Waals surface area (Å²) in [6.45, 7) is 0.173. The van der Waals surface area contributed by atoms with E-state index in [2.05, 4.69) is 20.8 Å². The van der Waals surface area contributed by atoms with Crippen molar-refractivity contribution in [2.45, 2.75) is 50.5 Å². The molecule has 1 aromatic carbocycles. The second-order valence-electron chi connectivity index (χ2n) is 7.01. The van der Waals surface area contributed by atoms with Crippen LogP contribution in [-0.2, 0) is 16.1 Å². The van der Waals surface area contributed by atoms with Crippen LogP contribution < -0.4 is 15.4 Å². The quantitative estimate of drug-likeness (QED) is 0.837. The highest BCUT2D eigenvalue weighted by molar-refractivity contribution is 6.01. The number of anilines is 1. The number of aromatic nitrogens is 2. The molecular formula is C19H22N4O4. The van der Waals surface area contributed by atoms with E-state index in [1.165, 1.54) is 12.8 Å². The third-order valence-corrected chi connectivity index (χ3v) is 5.22. The molecule has 8 nitrogen and oxygen atoms in total. The molecule has 142 valence electrons. The van der Waals surface area contributed by atoms with Crippen molar-refractivity contribution in [2.24, 2.45) is 0 Å². The number of ether oxygens (including phenoxy) is 1. The lowest BCUT2D eigenvalue weighted by Crippen LogP contribution is -2.35. The Morgan fingerprint density at radius 1 is 1.37 bits per heavy atom. The zero-order valence-corrected chi connectivity index (χ0v) is 15.2. The molecule has 2 amide bonds. The first-order valence-electron chi connectivity index (χ1n) is 9.22. The van der Waals surface area contributed by atoms with E-state index < -0.39 is 5.92 Å². The molecular weight excluding hydrogens is 348 g/mol. The zero-order valence-electron chi connectivity index (χ0n) is 15.2. The highest BCUT2D eigenvalue weighted by atomic mass is 16.5. The summed E-state index contributed by atoms with van der Waals surface area (Å²) in [4.78, 5) is 29.1. The van der Waals surface area contributed by atoms with E-state index in [4.69, 9.17) is 9.26 Å². The number of carbonyl (C=O) groups is 2. The Morgan fingerprint density at radius 3 is 2.96 bits per heavy atom. The molecule has 4 rings (SSSR count). The van der Waals surface area contributed by atoms with Crippen LogP contribution in [0.25, 0.3) is 0 Å². The minimum absolute atomic E-state index is 0.0889. The lowest BCUT2D eigenvalue weighted by molar-refractivity contribution is -0.126. The summed E-state index contributed by atoms with van der Waals surface area (Å²) in [6, 6.07) is 5.29. The number of nitrogens with one attached hydrogen (secondary N) is 2. The Labute approximate surface area is 156 Å². The van der Waals surface area contributed by atoms with Crippen molar-refractivity contribution < 1.29 is 18.8 Å². The molecule has 1 saturated carbocycles. The van der Waals surface area contributed by atoms with Crippen LogP contribution in [0.5, 0.6) is 5.75 Å². The normalized spacial score (nSPS) is 19.4. The minimum Gasteiger partial charge on any atom is -0.497 e. The molecule has 0 bridgehead atoms. The first-order valence-corrected chi connectivity index (χ1v) is 9.22. The van der Waals surface area contributed by atoms with Crippen molar-refractivity contribution in [1.82, 2.24) is 15.5 Å². The summed E-state index contributed by atoms with van der Waals surface area (Å²) in [5.74, 6) is 1.08. The van der Waals surface area contributed by atoms with Crippen LogP contribution in [-0.4, -0.2) is 29.1 Å². The number of fused-ring (bicyclic) bond motifs is 1. The Kier molecular flexibility index (Phi) is 4.79. The molecule has 1 unspecified atom stereocenters. The molecule has 2 aromatic rings. The third kappa shape index (κ3) is 3.65. The largest absolute Gasteiger partial charge is 0.497 e. The lowest BCUT2D eigenvalue weighted by Gasteiger charge is -2.25. The third-order valence-electron chi connectivity index (χ3n) is 5.22. The summed E-state index contributed by atoms with van der Waals surface area (Å²) in [7, 11) is 1.57. The predicted molar refractivity (Wildman–Crippen MR) is 96.3 cm³/mol. The Bertz CT molecular complexity index is 857. The van der Waals surface area contributed by atoms with Gasteiger partial charge in [0, 0.05) is 18.0 Å². The molecule has 27 heavy (non-hydrogen) atoms. The summed E-state index contributed by atoms with van der Waals surface area (Å²) < 4.78 is 10.6. The van der Waals surface area contributed by atoms with Crippen molar-refractivity contribution in [2.75, 3.05) is 12.4 Å². The van der Waals surface area contributed by atoms with Gasteiger partial charge in [-0.05, 0) is 36.6 Å². The molecule has 0 saturated heterocycles. The van der Waals surface area contributed by atoms with Crippen LogP contribution in [0.15, 0.2) is 22.7 Å². The molecule has 2 N–H and O–H groups in total. The van der Waals surface area contributed by atoms with Crippen molar-refractivity contribution in [3.05, 3.63) is 35.5 Å². The molecule has 1 atom stereocenters. The molecule has 1 aromatic heterocycles. The fraction of sp³-hybridized carbons (Fsp3) is 0.474. The van der Waals surface area contributed by atoms with Gasteiger partial charge in [0.15, 0.2) is 5.82 Å². The highest BCUT2D eigenvalue weighted by Crippen LogP contribution is 2.35. The van der Waals surface area contributed by atoms with Crippen LogP contribution >= 0.6 is 0 Å². The number of rotatable bonds is 5. The summed E-state index contributed by atoms with van der Waals surface area (Å²) in [5.41, 5.74) is 1.38. The first kappa shape index (κ1) is 17.5. The smallest absolute Gasteiger partial charge is 0.229 e. The van der Waals surface area contributed by atoms with Crippen molar-refractivity contribution in [3.63, 3.8) is 0 Å². The summed E-state index contributed by atoms with van der Waals surface area (Å²) in [5, 5.41) is 9.58. The van der Waals surface area contributed by atoms with Gasteiger partial charge in [-0.25, -0.2) is 0 Å². The first-order chi connectivity index (χ1) is 13.1. The number of carbonyl (C=O) groups excluding carboxylic acids is 2. The molecule has 1 aliphatic carbocycles. The topological polar surface area (TPSA) is 106 Å². The maximum atomic E-state index is 12.7. The van der Waals surface area contributed by atoms with Gasteiger partial charge in [-0.3, -0.25) is 9.59 Å². The van der Waals surface area contributed by atoms with Crippen molar-refractivity contribution >= 4 is 17.5 Å². The van der Waals surface area contributed by atoms with E-state index in [0.717, 1.165) is 18.4 Å². The van der Waals surface area contributed by atoms with Gasteiger partial charge >= 0.3 is 0 Å². The van der Waals surface area contributed by atoms with Crippen LogP contribution in [0.4, 0.5) is 5.69 Å². The number of hydrogen-bond acceptors (Lipinski definition) is 6. The lowest BCUT2D eigenvalue weighted by atomic mass is 9.89. The molecule has 0 radical (unpaired) electrons. The van der Waals surface area contributed by atoms with Gasteiger partial charge < -0.3 is 19.9 Å². The van der Waals surface area contributed by atoms with Gasteiger partial charge in [0.25, 0.3) is 0 Å². The fourth-order valence-corrected chi connectivity index (χ4v) is 3.77. The number of benzene rings is 1. The van der Waals surface area contributed by atoms with Gasteiger partial charge in [-0.1, -0.05) is 18.0 Å². The summed E-state index contributed by atoms with van der Waals surface area (Å²) in [6.07, 6.45) is 4.61. The van der Waals surface area contributed by atoms with Gasteiger partial charge in [-0.15, -0.1) is 0 Å². The van der Waals surface area contributed by atoms with Crippen LogP contribution in [0.3, 0.4) is 0 Å². The van der Waals surface area contributed by atoms with E-state index >= 15 is 0 Å².